The number of esters is 1. The standard InChI is InChI=1S/C21H20ClNO3S/c1-13-18(15(3)26-23-13)12-27-20-11-7-5-9-17(20)21(24)25-14(2)16-8-4-6-10-19(16)22/h4-11,14H,12H2,1-3H3/t14-/m1/s1. The molecule has 0 aliphatic rings. The molecule has 0 radical (unpaired) electrons. The number of hydrogen-bond acceptors (Lipinski definition) is 5. The number of carbonyl (C=O) groups is 1. The second-order valence-corrected chi connectivity index (χ2v) is 7.58. The van der Waals surface area contributed by atoms with Crippen molar-refractivity contribution in [3.8, 4) is 0 Å². The highest BCUT2D eigenvalue weighted by molar-refractivity contribution is 7.98. The number of rotatable bonds is 6. The molecule has 4 nitrogen and oxygen atoms in total. The zero-order valence-electron chi connectivity index (χ0n) is 15.4. The van der Waals surface area contributed by atoms with Gasteiger partial charge in [-0.05, 0) is 39.0 Å². The minimum atomic E-state index is -0.438. The third kappa shape index (κ3) is 4.54. The number of aromatic nitrogens is 1. The molecule has 0 aliphatic carbocycles. The van der Waals surface area contributed by atoms with Crippen LogP contribution >= 0.6 is 23.4 Å². The van der Waals surface area contributed by atoms with Gasteiger partial charge >= 0.3 is 5.97 Å². The normalized spacial score (nSPS) is 12.0. The van der Waals surface area contributed by atoms with E-state index in [1.54, 1.807) is 23.9 Å². The van der Waals surface area contributed by atoms with E-state index in [1.807, 2.05) is 57.2 Å². The third-order valence-corrected chi connectivity index (χ3v) is 5.73. The molecule has 0 unspecified atom stereocenters. The minimum Gasteiger partial charge on any atom is -0.454 e. The van der Waals surface area contributed by atoms with Crippen molar-refractivity contribution in [1.29, 1.82) is 0 Å². The van der Waals surface area contributed by atoms with Crippen LogP contribution in [-0.2, 0) is 10.5 Å². The molecule has 1 heterocycles. The summed E-state index contributed by atoms with van der Waals surface area (Å²) in [6.07, 6.45) is -0.438. The van der Waals surface area contributed by atoms with E-state index in [4.69, 9.17) is 20.9 Å². The average Bonchev–Trinajstić information content (AvgIpc) is 2.98. The lowest BCUT2D eigenvalue weighted by atomic mass is 10.1. The summed E-state index contributed by atoms with van der Waals surface area (Å²) in [5, 5.41) is 4.56. The quantitative estimate of drug-likeness (QED) is 0.366. The Bertz CT molecular complexity index is 935. The summed E-state index contributed by atoms with van der Waals surface area (Å²) in [7, 11) is 0. The topological polar surface area (TPSA) is 52.3 Å². The second-order valence-electron chi connectivity index (χ2n) is 6.16. The van der Waals surface area contributed by atoms with Gasteiger partial charge in [0.1, 0.15) is 11.9 Å². The first-order valence-corrected chi connectivity index (χ1v) is 9.92. The van der Waals surface area contributed by atoms with E-state index in [0.29, 0.717) is 16.3 Å². The first-order chi connectivity index (χ1) is 13.0. The lowest BCUT2D eigenvalue weighted by Crippen LogP contribution is -2.10. The van der Waals surface area contributed by atoms with Crippen molar-refractivity contribution in [3.63, 3.8) is 0 Å². The molecule has 1 aromatic heterocycles. The molecule has 0 spiro atoms. The SMILES string of the molecule is Cc1noc(C)c1CSc1ccccc1C(=O)O[C@H](C)c1ccccc1Cl. The van der Waals surface area contributed by atoms with E-state index in [1.165, 1.54) is 0 Å². The monoisotopic (exact) mass is 401 g/mol. The van der Waals surface area contributed by atoms with Crippen molar-refractivity contribution < 1.29 is 14.1 Å². The smallest absolute Gasteiger partial charge is 0.339 e. The van der Waals surface area contributed by atoms with Gasteiger partial charge in [0.05, 0.1) is 11.3 Å². The fraction of sp³-hybridized carbons (Fsp3) is 0.238. The predicted molar refractivity (Wildman–Crippen MR) is 107 cm³/mol. The molecule has 27 heavy (non-hydrogen) atoms. The van der Waals surface area contributed by atoms with Gasteiger partial charge in [-0.15, -0.1) is 11.8 Å². The van der Waals surface area contributed by atoms with Crippen LogP contribution in [0.5, 0.6) is 0 Å². The number of halogens is 1. The lowest BCUT2D eigenvalue weighted by Gasteiger charge is -2.16. The van der Waals surface area contributed by atoms with Crippen LogP contribution in [0.25, 0.3) is 0 Å². The van der Waals surface area contributed by atoms with Crippen LogP contribution in [0.3, 0.4) is 0 Å². The van der Waals surface area contributed by atoms with Crippen molar-refractivity contribution >= 4 is 29.3 Å². The summed E-state index contributed by atoms with van der Waals surface area (Å²) in [6, 6.07) is 14.8. The van der Waals surface area contributed by atoms with Crippen molar-refractivity contribution in [1.82, 2.24) is 5.16 Å². The number of carbonyl (C=O) groups excluding carboxylic acids is 1. The maximum atomic E-state index is 12.7. The summed E-state index contributed by atoms with van der Waals surface area (Å²) >= 11 is 7.77. The summed E-state index contributed by atoms with van der Waals surface area (Å²) < 4.78 is 10.9. The first kappa shape index (κ1) is 19.5. The minimum absolute atomic E-state index is 0.371. The lowest BCUT2D eigenvalue weighted by molar-refractivity contribution is 0.0334. The highest BCUT2D eigenvalue weighted by atomic mass is 35.5. The molecule has 140 valence electrons. The van der Waals surface area contributed by atoms with Crippen molar-refractivity contribution in [2.75, 3.05) is 0 Å². The molecule has 0 bridgehead atoms. The molecule has 0 saturated heterocycles. The highest BCUT2D eigenvalue weighted by Gasteiger charge is 2.19. The van der Waals surface area contributed by atoms with Crippen LogP contribution < -0.4 is 0 Å². The molecule has 2 aromatic carbocycles. The molecule has 3 aromatic rings. The zero-order chi connectivity index (χ0) is 19.4. The molecule has 0 aliphatic heterocycles. The molecule has 0 amide bonds. The molecule has 0 saturated carbocycles. The number of ether oxygens (including phenoxy) is 1. The van der Waals surface area contributed by atoms with Crippen molar-refractivity contribution in [2.24, 2.45) is 0 Å². The van der Waals surface area contributed by atoms with Gasteiger partial charge in [-0.25, -0.2) is 4.79 Å². The van der Waals surface area contributed by atoms with Gasteiger partial charge in [0, 0.05) is 26.8 Å². The fourth-order valence-corrected chi connectivity index (χ4v) is 4.19. The predicted octanol–water partition coefficient (Wildman–Crippen LogP) is 6.16. The maximum Gasteiger partial charge on any atom is 0.339 e. The number of aryl methyl sites for hydroxylation is 2. The number of nitrogens with zero attached hydrogens (tertiary/aromatic N) is 1. The Kier molecular flexibility index (Phi) is 6.24. The Morgan fingerprint density at radius 3 is 2.59 bits per heavy atom. The molecule has 6 heteroatoms. The van der Waals surface area contributed by atoms with Gasteiger partial charge in [-0.3, -0.25) is 0 Å². The molecule has 0 fully saturated rings. The Morgan fingerprint density at radius 2 is 1.89 bits per heavy atom. The third-order valence-electron chi connectivity index (χ3n) is 4.29. The molecule has 0 N–H and O–H groups in total. The van der Waals surface area contributed by atoms with E-state index in [-0.39, 0.29) is 5.97 Å². The zero-order valence-corrected chi connectivity index (χ0v) is 16.9. The fourth-order valence-electron chi connectivity index (χ4n) is 2.71. The van der Waals surface area contributed by atoms with E-state index >= 15 is 0 Å². The molecule has 3 rings (SSSR count). The summed E-state index contributed by atoms with van der Waals surface area (Å²) in [5.74, 6) is 1.10. The van der Waals surface area contributed by atoms with Gasteiger partial charge in [0.25, 0.3) is 0 Å². The van der Waals surface area contributed by atoms with Gasteiger partial charge in [-0.1, -0.05) is 47.1 Å². The first-order valence-electron chi connectivity index (χ1n) is 8.56. The summed E-state index contributed by atoms with van der Waals surface area (Å²) in [5.41, 5.74) is 3.24. The molecule has 1 atom stereocenters. The second kappa shape index (κ2) is 8.63. The van der Waals surface area contributed by atoms with Crippen LogP contribution in [0.2, 0.25) is 5.02 Å². The van der Waals surface area contributed by atoms with Crippen LogP contribution in [-0.4, -0.2) is 11.1 Å². The maximum absolute atomic E-state index is 12.7. The number of thioether (sulfide) groups is 1. The average molecular weight is 402 g/mol. The van der Waals surface area contributed by atoms with Crippen LogP contribution in [0, 0.1) is 13.8 Å². The van der Waals surface area contributed by atoms with Crippen LogP contribution in [0.4, 0.5) is 0 Å². The Morgan fingerprint density at radius 1 is 1.19 bits per heavy atom. The van der Waals surface area contributed by atoms with E-state index in [9.17, 15) is 4.79 Å². The van der Waals surface area contributed by atoms with Crippen molar-refractivity contribution in [2.45, 2.75) is 37.5 Å². The van der Waals surface area contributed by atoms with E-state index in [2.05, 4.69) is 5.16 Å². The van der Waals surface area contributed by atoms with E-state index < -0.39 is 6.10 Å². The largest absolute Gasteiger partial charge is 0.454 e. The van der Waals surface area contributed by atoms with Gasteiger partial charge in [0.15, 0.2) is 0 Å². The number of benzene rings is 2. The van der Waals surface area contributed by atoms with Crippen molar-refractivity contribution in [3.05, 3.63) is 81.7 Å². The van der Waals surface area contributed by atoms with Crippen LogP contribution in [0.15, 0.2) is 57.9 Å². The summed E-state index contributed by atoms with van der Waals surface area (Å²) in [6.45, 7) is 5.62. The Balaban J connectivity index is 1.75. The highest BCUT2D eigenvalue weighted by Crippen LogP contribution is 2.31. The Hall–Kier alpha value is -2.24. The van der Waals surface area contributed by atoms with Gasteiger partial charge < -0.3 is 9.26 Å². The van der Waals surface area contributed by atoms with Crippen LogP contribution in [0.1, 0.15) is 46.0 Å². The van der Waals surface area contributed by atoms with E-state index in [0.717, 1.165) is 27.5 Å². The molecular weight excluding hydrogens is 382 g/mol. The summed E-state index contributed by atoms with van der Waals surface area (Å²) in [4.78, 5) is 13.6. The Labute approximate surface area is 167 Å². The van der Waals surface area contributed by atoms with Gasteiger partial charge in [-0.2, -0.15) is 0 Å². The molecular formula is C21H20ClNO3S. The number of hydrogen-bond donors (Lipinski definition) is 0. The van der Waals surface area contributed by atoms with Gasteiger partial charge in [0.2, 0.25) is 0 Å².